The van der Waals surface area contributed by atoms with Crippen molar-refractivity contribution >= 4 is 27.6 Å². The lowest BCUT2D eigenvalue weighted by Gasteiger charge is -2.29. The van der Waals surface area contributed by atoms with Crippen molar-refractivity contribution in [3.8, 4) is 5.75 Å². The fourth-order valence-corrected chi connectivity index (χ4v) is 3.76. The number of methoxy groups -OCH3 is 1. The quantitative estimate of drug-likeness (QED) is 0.731. The smallest absolute Gasteiger partial charge is 0.319 e. The lowest BCUT2D eigenvalue weighted by Crippen LogP contribution is -2.38. The Morgan fingerprint density at radius 2 is 1.96 bits per heavy atom. The number of carbonyl (C=O) groups is 1. The summed E-state index contributed by atoms with van der Waals surface area (Å²) in [5, 5.41) is 5.89. The molecule has 0 radical (unpaired) electrons. The van der Waals surface area contributed by atoms with Crippen LogP contribution < -0.4 is 15.4 Å². The highest BCUT2D eigenvalue weighted by Gasteiger charge is 2.26. The second-order valence-corrected chi connectivity index (χ2v) is 7.26. The van der Waals surface area contributed by atoms with E-state index < -0.39 is 0 Å². The summed E-state index contributed by atoms with van der Waals surface area (Å²) in [6, 6.07) is 15.5. The zero-order valence-electron chi connectivity index (χ0n) is 14.9. The topological polar surface area (TPSA) is 53.6 Å². The van der Waals surface area contributed by atoms with Crippen molar-refractivity contribution in [2.24, 2.45) is 0 Å². The van der Waals surface area contributed by atoms with Crippen molar-refractivity contribution < 1.29 is 9.53 Å². The summed E-state index contributed by atoms with van der Waals surface area (Å²) in [7, 11) is 1.69. The van der Waals surface area contributed by atoms with Gasteiger partial charge in [-0.2, -0.15) is 0 Å². The molecule has 0 aromatic heterocycles. The number of rotatable bonds is 6. The molecule has 1 atom stereocenters. The van der Waals surface area contributed by atoms with Gasteiger partial charge in [0, 0.05) is 22.3 Å². The maximum Gasteiger partial charge on any atom is 0.319 e. The van der Waals surface area contributed by atoms with Gasteiger partial charge < -0.3 is 15.4 Å². The summed E-state index contributed by atoms with van der Waals surface area (Å²) in [6.45, 7) is 2.61. The lowest BCUT2D eigenvalue weighted by atomic mass is 10.0. The lowest BCUT2D eigenvalue weighted by molar-refractivity contribution is 0.224. The Hall–Kier alpha value is -2.05. The number of hydrogen-bond acceptors (Lipinski definition) is 3. The summed E-state index contributed by atoms with van der Waals surface area (Å²) in [5.74, 6) is 0.860. The molecule has 26 heavy (non-hydrogen) atoms. The molecule has 1 saturated heterocycles. The molecule has 1 heterocycles. The van der Waals surface area contributed by atoms with E-state index in [1.54, 1.807) is 7.11 Å². The number of ether oxygens (including phenoxy) is 1. The van der Waals surface area contributed by atoms with Gasteiger partial charge in [0.2, 0.25) is 0 Å². The van der Waals surface area contributed by atoms with Crippen molar-refractivity contribution in [3.63, 3.8) is 0 Å². The highest BCUT2D eigenvalue weighted by Crippen LogP contribution is 2.31. The van der Waals surface area contributed by atoms with Crippen molar-refractivity contribution in [1.29, 1.82) is 0 Å². The number of carbonyl (C=O) groups excluding carboxylic acids is 1. The van der Waals surface area contributed by atoms with Crippen LogP contribution in [0.15, 0.2) is 53.0 Å². The van der Waals surface area contributed by atoms with Crippen LogP contribution in [0.5, 0.6) is 5.75 Å². The van der Waals surface area contributed by atoms with E-state index in [9.17, 15) is 4.79 Å². The summed E-state index contributed by atoms with van der Waals surface area (Å²) >= 11 is 3.41. The molecule has 1 unspecified atom stereocenters. The number of nitrogens with one attached hydrogen (secondary N) is 2. The van der Waals surface area contributed by atoms with Crippen LogP contribution in [0.4, 0.5) is 10.5 Å². The van der Waals surface area contributed by atoms with E-state index in [4.69, 9.17) is 4.74 Å². The van der Waals surface area contributed by atoms with Crippen LogP contribution in [-0.4, -0.2) is 37.7 Å². The molecule has 0 aliphatic carbocycles. The zero-order chi connectivity index (χ0) is 18.4. The Balaban J connectivity index is 1.69. The SMILES string of the molecule is COc1ccccc1C(CNC(=O)Nc1cccc(Br)c1)N1CCCC1. The van der Waals surface area contributed by atoms with Gasteiger partial charge in [0.25, 0.3) is 0 Å². The number of benzene rings is 2. The molecule has 2 aromatic rings. The number of likely N-dealkylation sites (tertiary alicyclic amines) is 1. The fourth-order valence-electron chi connectivity index (χ4n) is 3.36. The summed E-state index contributed by atoms with van der Waals surface area (Å²) in [6.07, 6.45) is 2.38. The highest BCUT2D eigenvalue weighted by molar-refractivity contribution is 9.10. The van der Waals surface area contributed by atoms with E-state index in [2.05, 4.69) is 37.5 Å². The van der Waals surface area contributed by atoms with E-state index in [1.165, 1.54) is 12.8 Å². The third-order valence-corrected chi connectivity index (χ3v) is 5.11. The molecule has 5 nitrogen and oxygen atoms in total. The summed E-state index contributed by atoms with van der Waals surface area (Å²) in [5.41, 5.74) is 1.87. The molecule has 2 aromatic carbocycles. The molecule has 3 rings (SSSR count). The maximum atomic E-state index is 12.3. The molecule has 0 saturated carbocycles. The zero-order valence-corrected chi connectivity index (χ0v) is 16.5. The number of halogens is 1. The molecular weight excluding hydrogens is 394 g/mol. The Morgan fingerprint density at radius 3 is 2.69 bits per heavy atom. The number of para-hydroxylation sites is 1. The van der Waals surface area contributed by atoms with Gasteiger partial charge in [-0.05, 0) is 50.2 Å². The van der Waals surface area contributed by atoms with Crippen LogP contribution in [0.2, 0.25) is 0 Å². The minimum Gasteiger partial charge on any atom is -0.496 e. The van der Waals surface area contributed by atoms with Crippen LogP contribution >= 0.6 is 15.9 Å². The first-order valence-corrected chi connectivity index (χ1v) is 9.64. The monoisotopic (exact) mass is 417 g/mol. The predicted molar refractivity (Wildman–Crippen MR) is 108 cm³/mol. The van der Waals surface area contributed by atoms with E-state index in [0.29, 0.717) is 6.54 Å². The standard InChI is InChI=1S/C20H24BrN3O2/c1-26-19-10-3-2-9-17(19)18(24-11-4-5-12-24)14-22-20(25)23-16-8-6-7-15(21)13-16/h2-3,6-10,13,18H,4-5,11-12,14H2,1H3,(H2,22,23,25). The Bertz CT molecular complexity index is 747. The minimum absolute atomic E-state index is 0.0990. The molecule has 0 spiro atoms. The summed E-state index contributed by atoms with van der Waals surface area (Å²) in [4.78, 5) is 14.8. The number of amides is 2. The number of anilines is 1. The first-order valence-electron chi connectivity index (χ1n) is 8.85. The molecule has 6 heteroatoms. The molecule has 138 valence electrons. The average Bonchev–Trinajstić information content (AvgIpc) is 3.17. The average molecular weight is 418 g/mol. The van der Waals surface area contributed by atoms with Crippen LogP contribution in [-0.2, 0) is 0 Å². The Morgan fingerprint density at radius 1 is 1.19 bits per heavy atom. The van der Waals surface area contributed by atoms with Gasteiger partial charge in [0.1, 0.15) is 5.75 Å². The molecule has 2 amide bonds. The van der Waals surface area contributed by atoms with Crippen molar-refractivity contribution in [2.75, 3.05) is 32.1 Å². The molecule has 1 aliphatic rings. The van der Waals surface area contributed by atoms with Gasteiger partial charge >= 0.3 is 6.03 Å². The Kier molecular flexibility index (Phi) is 6.52. The van der Waals surface area contributed by atoms with Gasteiger partial charge in [-0.25, -0.2) is 4.79 Å². The molecular formula is C20H24BrN3O2. The molecule has 0 bridgehead atoms. The predicted octanol–water partition coefficient (Wildman–Crippen LogP) is 4.42. The van der Waals surface area contributed by atoms with Gasteiger partial charge in [-0.3, -0.25) is 4.90 Å². The highest BCUT2D eigenvalue weighted by atomic mass is 79.9. The first kappa shape index (κ1) is 18.7. The Labute approximate surface area is 162 Å². The van der Waals surface area contributed by atoms with Gasteiger partial charge in [-0.15, -0.1) is 0 Å². The van der Waals surface area contributed by atoms with Gasteiger partial charge in [0.15, 0.2) is 0 Å². The van der Waals surface area contributed by atoms with Crippen LogP contribution in [0, 0.1) is 0 Å². The van der Waals surface area contributed by atoms with Gasteiger partial charge in [0.05, 0.1) is 13.2 Å². The van der Waals surface area contributed by atoms with E-state index >= 15 is 0 Å². The number of hydrogen-bond donors (Lipinski definition) is 2. The molecule has 1 fully saturated rings. The van der Waals surface area contributed by atoms with Crippen molar-refractivity contribution in [3.05, 3.63) is 58.6 Å². The van der Waals surface area contributed by atoms with E-state index in [-0.39, 0.29) is 12.1 Å². The fraction of sp³-hybridized carbons (Fsp3) is 0.350. The first-order chi connectivity index (χ1) is 12.7. The number of nitrogens with zero attached hydrogens (tertiary/aromatic N) is 1. The van der Waals surface area contributed by atoms with Crippen LogP contribution in [0.25, 0.3) is 0 Å². The van der Waals surface area contributed by atoms with Crippen LogP contribution in [0.1, 0.15) is 24.4 Å². The second kappa shape index (κ2) is 9.05. The minimum atomic E-state index is -0.206. The van der Waals surface area contributed by atoms with Crippen molar-refractivity contribution in [1.82, 2.24) is 10.2 Å². The normalized spacial score (nSPS) is 15.5. The second-order valence-electron chi connectivity index (χ2n) is 6.35. The van der Waals surface area contributed by atoms with Crippen LogP contribution in [0.3, 0.4) is 0 Å². The molecule has 1 aliphatic heterocycles. The molecule has 2 N–H and O–H groups in total. The summed E-state index contributed by atoms with van der Waals surface area (Å²) < 4.78 is 6.47. The largest absolute Gasteiger partial charge is 0.496 e. The number of urea groups is 1. The third kappa shape index (κ3) is 4.77. The van der Waals surface area contributed by atoms with E-state index in [1.807, 2.05) is 42.5 Å². The maximum absolute atomic E-state index is 12.3. The third-order valence-electron chi connectivity index (χ3n) is 4.62. The van der Waals surface area contributed by atoms with Gasteiger partial charge in [-0.1, -0.05) is 40.2 Å². The van der Waals surface area contributed by atoms with Crippen molar-refractivity contribution in [2.45, 2.75) is 18.9 Å². The van der Waals surface area contributed by atoms with E-state index in [0.717, 1.165) is 34.6 Å².